The molecule has 146 valence electrons. The summed E-state index contributed by atoms with van der Waals surface area (Å²) in [5, 5.41) is 4.05. The molecule has 0 saturated heterocycles. The summed E-state index contributed by atoms with van der Waals surface area (Å²) in [6, 6.07) is 12.8. The summed E-state index contributed by atoms with van der Waals surface area (Å²) in [5.41, 5.74) is 2.21. The molecule has 0 N–H and O–H groups in total. The predicted octanol–water partition coefficient (Wildman–Crippen LogP) is 3.96. The zero-order valence-electron chi connectivity index (χ0n) is 16.0. The lowest BCUT2D eigenvalue weighted by atomic mass is 10.0. The number of hydrogen-bond donors (Lipinski definition) is 0. The largest absolute Gasteiger partial charge is 0.497 e. The van der Waals surface area contributed by atoms with Crippen LogP contribution in [0.25, 0.3) is 6.08 Å². The summed E-state index contributed by atoms with van der Waals surface area (Å²) in [6.45, 7) is 2.69. The Labute approximate surface area is 167 Å². The Hall–Kier alpha value is -3.74. The highest BCUT2D eigenvalue weighted by atomic mass is 16.5. The van der Waals surface area contributed by atoms with Gasteiger partial charge in [-0.25, -0.2) is 0 Å². The molecule has 0 unspecified atom stereocenters. The van der Waals surface area contributed by atoms with Crippen LogP contribution in [0.2, 0.25) is 0 Å². The van der Waals surface area contributed by atoms with E-state index in [2.05, 4.69) is 5.16 Å². The van der Waals surface area contributed by atoms with Gasteiger partial charge in [-0.15, -0.1) is 0 Å². The van der Waals surface area contributed by atoms with E-state index in [0.29, 0.717) is 36.2 Å². The van der Waals surface area contributed by atoms with Crippen molar-refractivity contribution in [1.29, 1.82) is 0 Å². The van der Waals surface area contributed by atoms with Crippen molar-refractivity contribution in [2.45, 2.75) is 13.5 Å². The maximum absolute atomic E-state index is 12.9. The van der Waals surface area contributed by atoms with Gasteiger partial charge in [-0.2, -0.15) is 0 Å². The van der Waals surface area contributed by atoms with Crippen LogP contribution in [0.15, 0.2) is 52.7 Å². The van der Waals surface area contributed by atoms with Crippen molar-refractivity contribution < 1.29 is 23.5 Å². The summed E-state index contributed by atoms with van der Waals surface area (Å²) in [6.07, 6.45) is 1.73. The molecular formula is C22H18N2O5. The second-order valence-corrected chi connectivity index (χ2v) is 6.90. The lowest BCUT2D eigenvalue weighted by Gasteiger charge is -2.29. The lowest BCUT2D eigenvalue weighted by Crippen LogP contribution is -2.32. The van der Waals surface area contributed by atoms with Crippen molar-refractivity contribution in [3.05, 3.63) is 70.7 Å². The highest BCUT2D eigenvalue weighted by Gasteiger charge is 2.34. The molecule has 3 heterocycles. The van der Waals surface area contributed by atoms with Crippen LogP contribution in [-0.4, -0.2) is 24.8 Å². The molecule has 0 spiro atoms. The second-order valence-electron chi connectivity index (χ2n) is 6.90. The van der Waals surface area contributed by atoms with Crippen molar-refractivity contribution in [2.24, 2.45) is 0 Å². The number of aryl methyl sites for hydroxylation is 1. The Kier molecular flexibility index (Phi) is 4.01. The number of anilines is 1. The number of Topliss-reactive ketones (excluding diaryl/α,β-unsaturated/α-hetero) is 1. The number of allylic oxidation sites excluding steroid dienone is 1. The summed E-state index contributed by atoms with van der Waals surface area (Å²) in [7, 11) is 1.61. The number of nitrogens with zero attached hydrogens (tertiary/aromatic N) is 2. The average Bonchev–Trinajstić information content (AvgIpc) is 3.32. The first kappa shape index (κ1) is 17.4. The zero-order chi connectivity index (χ0) is 20.0. The van der Waals surface area contributed by atoms with Crippen LogP contribution in [0.4, 0.5) is 5.82 Å². The van der Waals surface area contributed by atoms with Crippen LogP contribution < -0.4 is 19.1 Å². The third kappa shape index (κ3) is 3.00. The number of benzene rings is 2. The van der Waals surface area contributed by atoms with Gasteiger partial charge in [0, 0.05) is 6.07 Å². The molecule has 2 aromatic carbocycles. The number of fused-ring (bicyclic) bond motifs is 3. The fourth-order valence-electron chi connectivity index (χ4n) is 3.46. The van der Waals surface area contributed by atoms with Gasteiger partial charge in [-0.3, -0.25) is 4.79 Å². The standard InChI is InChI=1S/C22H18N2O5/c1-13-9-20(23-29-13)24-11-17-18(27-12-24)8-7-16-21(25)19(28-22(16)17)10-14-3-5-15(26-2)6-4-14/h3-10H,11-12H2,1-2H3/b19-10-. The number of ketones is 1. The molecule has 0 radical (unpaired) electrons. The van der Waals surface area contributed by atoms with E-state index in [4.69, 9.17) is 18.7 Å². The number of rotatable bonds is 3. The molecule has 1 aromatic heterocycles. The molecule has 7 nitrogen and oxygen atoms in total. The van der Waals surface area contributed by atoms with Gasteiger partial charge >= 0.3 is 0 Å². The van der Waals surface area contributed by atoms with Crippen molar-refractivity contribution in [3.8, 4) is 17.2 Å². The van der Waals surface area contributed by atoms with Gasteiger partial charge in [0.15, 0.2) is 18.3 Å². The highest BCUT2D eigenvalue weighted by Crippen LogP contribution is 2.42. The topological polar surface area (TPSA) is 74.0 Å². The third-order valence-electron chi connectivity index (χ3n) is 4.98. The summed E-state index contributed by atoms with van der Waals surface area (Å²) in [5.74, 6) is 3.55. The first-order chi connectivity index (χ1) is 14.1. The third-order valence-corrected chi connectivity index (χ3v) is 4.98. The molecule has 2 aliphatic heterocycles. The fraction of sp³-hybridized carbons (Fsp3) is 0.182. The molecule has 0 atom stereocenters. The van der Waals surface area contributed by atoms with E-state index in [1.165, 1.54) is 0 Å². The van der Waals surface area contributed by atoms with Crippen LogP contribution in [0, 0.1) is 6.92 Å². The number of ether oxygens (including phenoxy) is 3. The van der Waals surface area contributed by atoms with Crippen molar-refractivity contribution >= 4 is 17.7 Å². The molecule has 7 heteroatoms. The Morgan fingerprint density at radius 1 is 1.17 bits per heavy atom. The number of hydrogen-bond acceptors (Lipinski definition) is 7. The minimum Gasteiger partial charge on any atom is -0.497 e. The molecule has 5 rings (SSSR count). The first-order valence-corrected chi connectivity index (χ1v) is 9.17. The SMILES string of the molecule is COc1ccc(/C=C2\Oc3c(ccc4c3CN(c3cc(C)on3)CO4)C2=O)cc1. The van der Waals surface area contributed by atoms with Gasteiger partial charge in [0.05, 0.1) is 24.8 Å². The molecule has 0 fully saturated rings. The van der Waals surface area contributed by atoms with Gasteiger partial charge in [-0.05, 0) is 42.8 Å². The van der Waals surface area contributed by atoms with Crippen LogP contribution >= 0.6 is 0 Å². The van der Waals surface area contributed by atoms with Crippen LogP contribution in [-0.2, 0) is 6.54 Å². The second kappa shape index (κ2) is 6.70. The summed E-state index contributed by atoms with van der Waals surface area (Å²) < 4.78 is 22.2. The van der Waals surface area contributed by atoms with E-state index >= 15 is 0 Å². The smallest absolute Gasteiger partial charge is 0.231 e. The minimum absolute atomic E-state index is 0.145. The maximum atomic E-state index is 12.9. The van der Waals surface area contributed by atoms with E-state index in [1.807, 2.05) is 48.2 Å². The van der Waals surface area contributed by atoms with Gasteiger partial charge in [0.25, 0.3) is 0 Å². The van der Waals surface area contributed by atoms with Crippen molar-refractivity contribution in [1.82, 2.24) is 5.16 Å². The Bertz CT molecular complexity index is 1130. The molecular weight excluding hydrogens is 372 g/mol. The van der Waals surface area contributed by atoms with E-state index < -0.39 is 0 Å². The summed E-state index contributed by atoms with van der Waals surface area (Å²) >= 11 is 0. The van der Waals surface area contributed by atoms with Gasteiger partial charge < -0.3 is 23.6 Å². The quantitative estimate of drug-likeness (QED) is 0.627. The van der Waals surface area contributed by atoms with E-state index in [0.717, 1.165) is 22.6 Å². The molecule has 29 heavy (non-hydrogen) atoms. The van der Waals surface area contributed by atoms with Crippen LogP contribution in [0.5, 0.6) is 17.2 Å². The molecule has 0 amide bonds. The molecule has 0 aliphatic carbocycles. The number of carbonyl (C=O) groups is 1. The predicted molar refractivity (Wildman–Crippen MR) is 105 cm³/mol. The van der Waals surface area contributed by atoms with Gasteiger partial charge in [0.1, 0.15) is 23.0 Å². The Morgan fingerprint density at radius 2 is 2.00 bits per heavy atom. The van der Waals surface area contributed by atoms with Crippen molar-refractivity contribution in [3.63, 3.8) is 0 Å². The zero-order valence-corrected chi connectivity index (χ0v) is 16.0. The number of carbonyl (C=O) groups excluding carboxylic acids is 1. The highest BCUT2D eigenvalue weighted by molar-refractivity contribution is 6.15. The van der Waals surface area contributed by atoms with Crippen LogP contribution in [0.1, 0.15) is 27.2 Å². The minimum atomic E-state index is -0.145. The van der Waals surface area contributed by atoms with Gasteiger partial charge in [-0.1, -0.05) is 17.3 Å². The van der Waals surface area contributed by atoms with Gasteiger partial charge in [0.2, 0.25) is 5.78 Å². The molecule has 0 saturated carbocycles. The Balaban J connectivity index is 1.47. The monoisotopic (exact) mass is 390 g/mol. The molecule has 2 aliphatic rings. The normalized spacial score (nSPS) is 16.3. The van der Waals surface area contributed by atoms with Crippen molar-refractivity contribution in [2.75, 3.05) is 18.7 Å². The molecule has 0 bridgehead atoms. The van der Waals surface area contributed by atoms with Crippen LogP contribution in [0.3, 0.4) is 0 Å². The Morgan fingerprint density at radius 3 is 2.72 bits per heavy atom. The summed E-state index contributed by atoms with van der Waals surface area (Å²) in [4.78, 5) is 14.8. The first-order valence-electron chi connectivity index (χ1n) is 9.17. The number of methoxy groups -OCH3 is 1. The number of aromatic nitrogens is 1. The average molecular weight is 390 g/mol. The lowest BCUT2D eigenvalue weighted by molar-refractivity contribution is 0.101. The fourth-order valence-corrected chi connectivity index (χ4v) is 3.46. The van der Waals surface area contributed by atoms with E-state index in [1.54, 1.807) is 19.3 Å². The van der Waals surface area contributed by atoms with E-state index in [-0.39, 0.29) is 11.5 Å². The molecule has 3 aromatic rings. The van der Waals surface area contributed by atoms with E-state index in [9.17, 15) is 4.79 Å². The maximum Gasteiger partial charge on any atom is 0.231 e.